The van der Waals surface area contributed by atoms with Crippen LogP contribution in [0.4, 0.5) is 0 Å². The molecular weight excluding hydrogens is 316 g/mol. The van der Waals surface area contributed by atoms with E-state index in [-0.39, 0.29) is 12.2 Å². The molecule has 2 aliphatic rings. The van der Waals surface area contributed by atoms with Gasteiger partial charge in [-0.2, -0.15) is 0 Å². The van der Waals surface area contributed by atoms with E-state index in [1.807, 2.05) is 13.1 Å². The summed E-state index contributed by atoms with van der Waals surface area (Å²) in [5.74, 6) is 0.0482. The highest BCUT2D eigenvalue weighted by atomic mass is 16.7. The molecule has 1 heterocycles. The Bertz CT molecular complexity index is 392. The van der Waals surface area contributed by atoms with Crippen LogP contribution >= 0.6 is 0 Å². The second-order valence-electron chi connectivity index (χ2n) is 7.21. The van der Waals surface area contributed by atoms with E-state index < -0.39 is 0 Å². The summed E-state index contributed by atoms with van der Waals surface area (Å²) in [5, 5.41) is 6.28. The van der Waals surface area contributed by atoms with E-state index in [4.69, 9.17) is 9.47 Å². The molecule has 0 bridgehead atoms. The molecule has 0 aromatic carbocycles. The van der Waals surface area contributed by atoms with Gasteiger partial charge in [0.15, 0.2) is 6.29 Å². The van der Waals surface area contributed by atoms with Crippen molar-refractivity contribution in [1.29, 1.82) is 0 Å². The van der Waals surface area contributed by atoms with Crippen LogP contribution in [-0.2, 0) is 14.3 Å². The van der Waals surface area contributed by atoms with Crippen molar-refractivity contribution in [1.82, 2.24) is 10.6 Å². The average molecular weight is 353 g/mol. The fraction of sp³-hybridized carbons (Fsp3) is 0.850. The van der Waals surface area contributed by atoms with Crippen molar-refractivity contribution in [3.8, 4) is 0 Å². The zero-order valence-electron chi connectivity index (χ0n) is 15.8. The predicted octanol–water partition coefficient (Wildman–Crippen LogP) is 3.29. The topological polar surface area (TPSA) is 59.6 Å². The molecule has 3 atom stereocenters. The lowest BCUT2D eigenvalue weighted by Gasteiger charge is -2.36. The number of rotatable bonds is 12. The Kier molecular flexibility index (Phi) is 10.2. The number of amides is 1. The molecule has 144 valence electrons. The van der Waals surface area contributed by atoms with Crippen LogP contribution in [0.15, 0.2) is 12.2 Å². The highest BCUT2D eigenvalue weighted by Gasteiger charge is 2.29. The summed E-state index contributed by atoms with van der Waals surface area (Å²) in [6, 6.07) is 0.759. The summed E-state index contributed by atoms with van der Waals surface area (Å²) >= 11 is 0. The minimum absolute atomic E-state index is 0.0482. The summed E-state index contributed by atoms with van der Waals surface area (Å²) in [5.41, 5.74) is 0. The zero-order chi connectivity index (χ0) is 17.7. The van der Waals surface area contributed by atoms with Crippen molar-refractivity contribution in [2.75, 3.05) is 20.3 Å². The minimum atomic E-state index is 0.0482. The van der Waals surface area contributed by atoms with E-state index in [2.05, 4.69) is 10.6 Å². The van der Waals surface area contributed by atoms with Crippen LogP contribution < -0.4 is 10.6 Å². The van der Waals surface area contributed by atoms with Gasteiger partial charge >= 0.3 is 0 Å². The first-order chi connectivity index (χ1) is 12.3. The number of carbonyl (C=O) groups excluding carboxylic acids is 1. The van der Waals surface area contributed by atoms with Gasteiger partial charge in [0.25, 0.3) is 0 Å². The van der Waals surface area contributed by atoms with Crippen molar-refractivity contribution in [2.24, 2.45) is 0 Å². The molecule has 5 nitrogen and oxygen atoms in total. The van der Waals surface area contributed by atoms with Crippen LogP contribution in [0, 0.1) is 0 Å². The number of unbranched alkanes of at least 4 members (excludes halogenated alkanes) is 5. The molecule has 1 amide bonds. The molecule has 0 aromatic rings. The molecule has 2 fully saturated rings. The lowest BCUT2D eigenvalue weighted by atomic mass is 9.86. The van der Waals surface area contributed by atoms with Gasteiger partial charge in [0.2, 0.25) is 5.91 Å². The average Bonchev–Trinajstić information content (AvgIpc) is 2.61. The molecular formula is C20H36N2O3. The Morgan fingerprint density at radius 2 is 1.88 bits per heavy atom. The molecule has 0 radical (unpaired) electrons. The highest BCUT2D eigenvalue weighted by Crippen LogP contribution is 2.19. The largest absolute Gasteiger partial charge is 0.353 e. The molecule has 1 aliphatic heterocycles. The first-order valence-corrected chi connectivity index (χ1v) is 10.2. The van der Waals surface area contributed by atoms with E-state index in [9.17, 15) is 4.79 Å². The lowest BCUT2D eigenvalue weighted by molar-refractivity contribution is -0.162. The third kappa shape index (κ3) is 8.34. The van der Waals surface area contributed by atoms with Crippen LogP contribution in [0.3, 0.4) is 0 Å². The molecule has 2 rings (SSSR count). The second kappa shape index (κ2) is 12.4. The van der Waals surface area contributed by atoms with Gasteiger partial charge in [0.1, 0.15) is 0 Å². The van der Waals surface area contributed by atoms with Gasteiger partial charge in [-0.3, -0.25) is 4.79 Å². The maximum atomic E-state index is 11.8. The number of allylic oxidation sites excluding steroid dienone is 1. The standard InChI is InChI=1S/C20H36N2O3/c1-21-17-13-14-18(17)22-19(23)11-7-5-3-2-4-6-9-15-24-20-12-8-10-16-25-20/h7,11,17-18,20-21H,2-6,8-10,12-16H2,1H3,(H,22,23)/b11-7+/t17-,18-,20?/m1/s1. The number of ether oxygens (including phenoxy) is 2. The Morgan fingerprint density at radius 3 is 2.60 bits per heavy atom. The molecule has 2 N–H and O–H groups in total. The molecule has 1 saturated heterocycles. The Labute approximate surface area is 152 Å². The van der Waals surface area contributed by atoms with Gasteiger partial charge in [0, 0.05) is 25.3 Å². The molecule has 1 unspecified atom stereocenters. The monoisotopic (exact) mass is 352 g/mol. The van der Waals surface area contributed by atoms with E-state index in [1.54, 1.807) is 6.08 Å². The van der Waals surface area contributed by atoms with Gasteiger partial charge in [0.05, 0.1) is 0 Å². The van der Waals surface area contributed by atoms with Gasteiger partial charge in [-0.05, 0) is 64.5 Å². The van der Waals surface area contributed by atoms with Crippen LogP contribution in [0.25, 0.3) is 0 Å². The first-order valence-electron chi connectivity index (χ1n) is 10.2. The zero-order valence-corrected chi connectivity index (χ0v) is 15.8. The highest BCUT2D eigenvalue weighted by molar-refractivity contribution is 5.87. The van der Waals surface area contributed by atoms with Gasteiger partial charge in [-0.25, -0.2) is 0 Å². The molecule has 0 spiro atoms. The number of likely N-dealkylation sites (N-methyl/N-ethyl adjacent to an activating group) is 1. The fourth-order valence-electron chi connectivity index (χ4n) is 3.39. The normalized spacial score (nSPS) is 26.5. The van der Waals surface area contributed by atoms with Crippen LogP contribution in [-0.4, -0.2) is 44.5 Å². The quantitative estimate of drug-likeness (QED) is 0.418. The van der Waals surface area contributed by atoms with Crippen LogP contribution in [0.2, 0.25) is 0 Å². The maximum absolute atomic E-state index is 11.8. The summed E-state index contributed by atoms with van der Waals surface area (Å²) in [4.78, 5) is 11.8. The number of hydrogen-bond donors (Lipinski definition) is 2. The number of carbonyl (C=O) groups is 1. The van der Waals surface area contributed by atoms with Crippen molar-refractivity contribution in [2.45, 2.75) is 89.0 Å². The van der Waals surface area contributed by atoms with E-state index in [0.717, 1.165) is 51.7 Å². The van der Waals surface area contributed by atoms with Gasteiger partial charge in [-0.15, -0.1) is 0 Å². The maximum Gasteiger partial charge on any atom is 0.243 e. The molecule has 0 aromatic heterocycles. The molecule has 1 aliphatic carbocycles. The van der Waals surface area contributed by atoms with E-state index in [0.29, 0.717) is 12.1 Å². The van der Waals surface area contributed by atoms with Gasteiger partial charge in [-0.1, -0.05) is 25.3 Å². The first kappa shape index (κ1) is 20.4. The Balaban J connectivity index is 1.36. The van der Waals surface area contributed by atoms with Gasteiger partial charge < -0.3 is 20.1 Å². The van der Waals surface area contributed by atoms with Crippen molar-refractivity contribution in [3.63, 3.8) is 0 Å². The summed E-state index contributed by atoms with van der Waals surface area (Å²) < 4.78 is 11.3. The smallest absolute Gasteiger partial charge is 0.243 e. The number of nitrogens with one attached hydrogen (secondary N) is 2. The minimum Gasteiger partial charge on any atom is -0.353 e. The van der Waals surface area contributed by atoms with Crippen LogP contribution in [0.5, 0.6) is 0 Å². The number of hydrogen-bond acceptors (Lipinski definition) is 4. The van der Waals surface area contributed by atoms with Crippen molar-refractivity contribution in [3.05, 3.63) is 12.2 Å². The Hall–Kier alpha value is -0.910. The Morgan fingerprint density at radius 1 is 1.08 bits per heavy atom. The van der Waals surface area contributed by atoms with E-state index in [1.165, 1.54) is 32.1 Å². The fourth-order valence-corrected chi connectivity index (χ4v) is 3.39. The summed E-state index contributed by atoms with van der Waals surface area (Å²) in [7, 11) is 1.95. The third-order valence-corrected chi connectivity index (χ3v) is 5.20. The summed E-state index contributed by atoms with van der Waals surface area (Å²) in [6.07, 6.45) is 16.4. The van der Waals surface area contributed by atoms with Crippen molar-refractivity contribution >= 4 is 5.91 Å². The molecule has 25 heavy (non-hydrogen) atoms. The lowest BCUT2D eigenvalue weighted by Crippen LogP contribution is -2.55. The molecule has 5 heteroatoms. The predicted molar refractivity (Wildman–Crippen MR) is 100 cm³/mol. The second-order valence-corrected chi connectivity index (χ2v) is 7.21. The SMILES string of the molecule is CN[C@@H]1CC[C@H]1NC(=O)/C=C/CCCCCCCOC1CCCCO1. The van der Waals surface area contributed by atoms with E-state index >= 15 is 0 Å². The molecule has 1 saturated carbocycles. The van der Waals surface area contributed by atoms with Crippen LogP contribution in [0.1, 0.15) is 70.6 Å². The summed E-state index contributed by atoms with van der Waals surface area (Å²) in [6.45, 7) is 1.67. The third-order valence-electron chi connectivity index (χ3n) is 5.20. The van der Waals surface area contributed by atoms with Crippen molar-refractivity contribution < 1.29 is 14.3 Å².